The Morgan fingerprint density at radius 3 is 2.90 bits per heavy atom. The molecule has 0 fully saturated rings. The summed E-state index contributed by atoms with van der Waals surface area (Å²) in [6.07, 6.45) is 3.33. The summed E-state index contributed by atoms with van der Waals surface area (Å²) >= 11 is 0. The summed E-state index contributed by atoms with van der Waals surface area (Å²) in [5, 5.41) is 2.76. The lowest BCUT2D eigenvalue weighted by atomic mass is 10.2. The van der Waals surface area contributed by atoms with Gasteiger partial charge in [0.1, 0.15) is 5.82 Å². The molecule has 0 radical (unpaired) electrons. The molecule has 1 aromatic heterocycles. The zero-order valence-electron chi connectivity index (χ0n) is 11.5. The van der Waals surface area contributed by atoms with Gasteiger partial charge in [-0.1, -0.05) is 25.1 Å². The monoisotopic (exact) mass is 267 g/mol. The second kappa shape index (κ2) is 5.33. The first kappa shape index (κ1) is 12.7. The molecule has 1 aliphatic rings. The molecule has 1 aromatic carbocycles. The zero-order chi connectivity index (χ0) is 13.9. The van der Waals surface area contributed by atoms with Crippen molar-refractivity contribution in [2.24, 2.45) is 0 Å². The molecule has 3 rings (SSSR count). The van der Waals surface area contributed by atoms with Crippen molar-refractivity contribution < 1.29 is 4.79 Å². The van der Waals surface area contributed by atoms with Crippen molar-refractivity contribution in [2.75, 3.05) is 16.8 Å². The van der Waals surface area contributed by atoms with E-state index in [1.54, 1.807) is 0 Å². The minimum atomic E-state index is -0.0169. The van der Waals surface area contributed by atoms with Gasteiger partial charge in [0.2, 0.25) is 5.91 Å². The van der Waals surface area contributed by atoms with Crippen molar-refractivity contribution in [1.29, 1.82) is 0 Å². The van der Waals surface area contributed by atoms with Gasteiger partial charge in [0.15, 0.2) is 0 Å². The predicted molar refractivity (Wildman–Crippen MR) is 80.3 cm³/mol. The SMILES string of the molecule is CCC(=O)Nc1ccc(N2CCc3ccccc32)cn1. The van der Waals surface area contributed by atoms with E-state index in [1.165, 1.54) is 11.3 Å². The molecular formula is C16H17N3O. The average molecular weight is 267 g/mol. The van der Waals surface area contributed by atoms with Crippen molar-refractivity contribution in [2.45, 2.75) is 19.8 Å². The molecule has 0 saturated heterocycles. The van der Waals surface area contributed by atoms with E-state index >= 15 is 0 Å². The van der Waals surface area contributed by atoms with Crippen LogP contribution in [0, 0.1) is 0 Å². The normalized spacial score (nSPS) is 13.2. The number of amides is 1. The van der Waals surface area contributed by atoms with Gasteiger partial charge in [-0.3, -0.25) is 4.79 Å². The third-order valence-corrected chi connectivity index (χ3v) is 3.54. The average Bonchev–Trinajstić information content (AvgIpc) is 2.92. The number of carbonyl (C=O) groups excluding carboxylic acids is 1. The van der Waals surface area contributed by atoms with Crippen molar-refractivity contribution in [1.82, 2.24) is 4.98 Å². The number of anilines is 3. The smallest absolute Gasteiger partial charge is 0.225 e. The molecule has 102 valence electrons. The van der Waals surface area contributed by atoms with Crippen LogP contribution in [-0.4, -0.2) is 17.4 Å². The molecule has 0 aliphatic carbocycles. The van der Waals surface area contributed by atoms with Crippen LogP contribution in [0.5, 0.6) is 0 Å². The van der Waals surface area contributed by atoms with Crippen LogP contribution in [-0.2, 0) is 11.2 Å². The second-order valence-corrected chi connectivity index (χ2v) is 4.83. The first-order valence-corrected chi connectivity index (χ1v) is 6.89. The quantitative estimate of drug-likeness (QED) is 0.929. The molecule has 4 nitrogen and oxygen atoms in total. The highest BCUT2D eigenvalue weighted by Gasteiger charge is 2.19. The lowest BCUT2D eigenvalue weighted by molar-refractivity contribution is -0.115. The van der Waals surface area contributed by atoms with E-state index in [4.69, 9.17) is 0 Å². The Hall–Kier alpha value is -2.36. The Labute approximate surface area is 118 Å². The fraction of sp³-hybridized carbons (Fsp3) is 0.250. The number of rotatable bonds is 3. The maximum Gasteiger partial charge on any atom is 0.225 e. The number of aromatic nitrogens is 1. The molecule has 2 aromatic rings. The summed E-state index contributed by atoms with van der Waals surface area (Å²) in [5.41, 5.74) is 3.68. The third-order valence-electron chi connectivity index (χ3n) is 3.54. The Bertz CT molecular complexity index is 622. The predicted octanol–water partition coefficient (Wildman–Crippen LogP) is 3.12. The Kier molecular flexibility index (Phi) is 3.37. The number of carbonyl (C=O) groups is 1. The third kappa shape index (κ3) is 2.37. The summed E-state index contributed by atoms with van der Waals surface area (Å²) in [6, 6.07) is 12.3. The number of hydrogen-bond donors (Lipinski definition) is 1. The minimum Gasteiger partial charge on any atom is -0.340 e. The Morgan fingerprint density at radius 2 is 2.15 bits per heavy atom. The van der Waals surface area contributed by atoms with Crippen LogP contribution in [0.3, 0.4) is 0 Å². The van der Waals surface area contributed by atoms with Gasteiger partial charge in [-0.15, -0.1) is 0 Å². The standard InChI is InChI=1S/C16H17N3O/c1-2-16(20)18-15-8-7-13(11-17-15)19-10-9-12-5-3-4-6-14(12)19/h3-8,11H,2,9-10H2,1H3,(H,17,18,20). The number of nitrogens with zero attached hydrogens (tertiary/aromatic N) is 2. The maximum atomic E-state index is 11.3. The Balaban J connectivity index is 1.81. The van der Waals surface area contributed by atoms with Gasteiger partial charge < -0.3 is 10.2 Å². The molecule has 2 heterocycles. The molecule has 0 bridgehead atoms. The van der Waals surface area contributed by atoms with Gasteiger partial charge >= 0.3 is 0 Å². The van der Waals surface area contributed by atoms with E-state index in [-0.39, 0.29) is 5.91 Å². The number of nitrogens with one attached hydrogen (secondary N) is 1. The van der Waals surface area contributed by atoms with Gasteiger partial charge in [0.05, 0.1) is 11.9 Å². The highest BCUT2D eigenvalue weighted by molar-refractivity contribution is 5.89. The highest BCUT2D eigenvalue weighted by atomic mass is 16.1. The van der Waals surface area contributed by atoms with Crippen LogP contribution in [0.25, 0.3) is 0 Å². The number of para-hydroxylation sites is 1. The van der Waals surface area contributed by atoms with E-state index in [2.05, 4.69) is 39.5 Å². The second-order valence-electron chi connectivity index (χ2n) is 4.83. The van der Waals surface area contributed by atoms with Crippen molar-refractivity contribution in [3.63, 3.8) is 0 Å². The molecule has 0 unspecified atom stereocenters. The summed E-state index contributed by atoms with van der Waals surface area (Å²) in [6.45, 7) is 2.80. The fourth-order valence-electron chi connectivity index (χ4n) is 2.46. The van der Waals surface area contributed by atoms with E-state index in [1.807, 2.05) is 25.3 Å². The fourth-order valence-corrected chi connectivity index (χ4v) is 2.46. The topological polar surface area (TPSA) is 45.2 Å². The van der Waals surface area contributed by atoms with Crippen LogP contribution in [0.1, 0.15) is 18.9 Å². The highest BCUT2D eigenvalue weighted by Crippen LogP contribution is 2.33. The summed E-state index contributed by atoms with van der Waals surface area (Å²) in [5.74, 6) is 0.588. The molecule has 4 heteroatoms. The molecule has 0 atom stereocenters. The van der Waals surface area contributed by atoms with E-state index in [0.717, 1.165) is 18.7 Å². The molecule has 1 aliphatic heterocycles. The zero-order valence-corrected chi connectivity index (χ0v) is 11.5. The van der Waals surface area contributed by atoms with Gasteiger partial charge in [-0.2, -0.15) is 0 Å². The first-order chi connectivity index (χ1) is 9.78. The lowest BCUT2D eigenvalue weighted by Gasteiger charge is -2.19. The summed E-state index contributed by atoms with van der Waals surface area (Å²) in [4.78, 5) is 17.9. The van der Waals surface area contributed by atoms with Crippen LogP contribution in [0.15, 0.2) is 42.6 Å². The molecule has 0 saturated carbocycles. The van der Waals surface area contributed by atoms with Crippen LogP contribution in [0.4, 0.5) is 17.2 Å². The first-order valence-electron chi connectivity index (χ1n) is 6.89. The number of benzene rings is 1. The van der Waals surface area contributed by atoms with Gasteiger partial charge in [-0.25, -0.2) is 4.98 Å². The summed E-state index contributed by atoms with van der Waals surface area (Å²) < 4.78 is 0. The van der Waals surface area contributed by atoms with Crippen LogP contribution < -0.4 is 10.2 Å². The molecule has 1 N–H and O–H groups in total. The van der Waals surface area contributed by atoms with E-state index < -0.39 is 0 Å². The van der Waals surface area contributed by atoms with E-state index in [0.29, 0.717) is 12.2 Å². The van der Waals surface area contributed by atoms with Crippen LogP contribution in [0.2, 0.25) is 0 Å². The number of pyridine rings is 1. The minimum absolute atomic E-state index is 0.0169. The van der Waals surface area contributed by atoms with Gasteiger partial charge in [0, 0.05) is 18.7 Å². The molecule has 1 amide bonds. The van der Waals surface area contributed by atoms with Gasteiger partial charge in [-0.05, 0) is 30.2 Å². The van der Waals surface area contributed by atoms with E-state index in [9.17, 15) is 4.79 Å². The summed E-state index contributed by atoms with van der Waals surface area (Å²) in [7, 11) is 0. The molecular weight excluding hydrogens is 250 g/mol. The van der Waals surface area contributed by atoms with Crippen molar-refractivity contribution in [3.8, 4) is 0 Å². The number of hydrogen-bond acceptors (Lipinski definition) is 3. The molecule has 20 heavy (non-hydrogen) atoms. The van der Waals surface area contributed by atoms with Gasteiger partial charge in [0.25, 0.3) is 0 Å². The van der Waals surface area contributed by atoms with Crippen molar-refractivity contribution in [3.05, 3.63) is 48.2 Å². The Morgan fingerprint density at radius 1 is 1.30 bits per heavy atom. The largest absolute Gasteiger partial charge is 0.340 e. The number of fused-ring (bicyclic) bond motifs is 1. The van der Waals surface area contributed by atoms with Crippen LogP contribution >= 0.6 is 0 Å². The maximum absolute atomic E-state index is 11.3. The van der Waals surface area contributed by atoms with Crippen molar-refractivity contribution >= 4 is 23.1 Å². The lowest BCUT2D eigenvalue weighted by Crippen LogP contribution is -2.14. The molecule has 0 spiro atoms.